The van der Waals surface area contributed by atoms with Crippen LogP contribution in [0, 0.1) is 11.6 Å². The number of carbonyl (C=O) groups is 1. The summed E-state index contributed by atoms with van der Waals surface area (Å²) in [5.74, 6) is -0.968. The first kappa shape index (κ1) is 29.1. The molecule has 10 nitrogen and oxygen atoms in total. The van der Waals surface area contributed by atoms with Crippen molar-refractivity contribution in [2.45, 2.75) is 36.7 Å². The van der Waals surface area contributed by atoms with Crippen molar-refractivity contribution in [1.82, 2.24) is 19.4 Å². The molecule has 41 heavy (non-hydrogen) atoms. The van der Waals surface area contributed by atoms with Crippen LogP contribution in [-0.4, -0.2) is 82.6 Å². The number of likely N-dealkylation sites (N-methyl/N-ethyl adjacent to an activating group) is 1. The first-order chi connectivity index (χ1) is 19.8. The van der Waals surface area contributed by atoms with Crippen LogP contribution in [0.1, 0.15) is 34.5 Å². The maximum Gasteiger partial charge on any atom is 0.258 e. The monoisotopic (exact) mass is 588 g/mol. The number of hydrogen-bond donors (Lipinski definition) is 3. The van der Waals surface area contributed by atoms with Gasteiger partial charge in [0.25, 0.3) is 5.91 Å². The molecule has 1 aromatic heterocycles. The van der Waals surface area contributed by atoms with Gasteiger partial charge in [-0.15, -0.1) is 0 Å². The van der Waals surface area contributed by atoms with E-state index in [2.05, 4.69) is 20.8 Å². The number of nitrogens with one attached hydrogen (secondary N) is 3. The molecule has 220 valence electrons. The lowest BCUT2D eigenvalue weighted by Crippen LogP contribution is -2.32. The molecule has 0 saturated carbocycles. The maximum absolute atomic E-state index is 13.7. The first-order valence-electron chi connectivity index (χ1n) is 13.5. The van der Waals surface area contributed by atoms with Crippen molar-refractivity contribution in [3.8, 4) is 5.75 Å². The van der Waals surface area contributed by atoms with Crippen molar-refractivity contribution in [1.29, 1.82) is 0 Å². The number of hydrogen-bond acceptors (Lipinski definition) is 7. The van der Waals surface area contributed by atoms with Crippen molar-refractivity contribution < 1.29 is 27.3 Å². The van der Waals surface area contributed by atoms with E-state index in [1.165, 1.54) is 0 Å². The molecule has 0 bridgehead atoms. The summed E-state index contributed by atoms with van der Waals surface area (Å²) < 4.78 is 53.6. The predicted molar refractivity (Wildman–Crippen MR) is 151 cm³/mol. The summed E-state index contributed by atoms with van der Waals surface area (Å²) in [6, 6.07) is 8.35. The molecule has 1 saturated heterocycles. The summed E-state index contributed by atoms with van der Waals surface area (Å²) >= 11 is 0. The standard InChI is InChI=1S/C28H34F2N6O4S/c1-35(2)9-12-40-21-3-4-23(26(16-21)31-20-6-10-39-11-7-20)28(37)32-27-24-17-36(8-5-25(24)33-34-27)41(38)22-14-18(29)13-19(30)15-22/h3-4,13-16,20,31H,5-12,17H2,1-2H3,(H2,32,33,34,37). The summed E-state index contributed by atoms with van der Waals surface area (Å²) in [6.07, 6.45) is 2.13. The van der Waals surface area contributed by atoms with Gasteiger partial charge in [-0.3, -0.25) is 9.89 Å². The van der Waals surface area contributed by atoms with E-state index in [-0.39, 0.29) is 23.4 Å². The SMILES string of the molecule is CN(C)CCOc1ccc(C(=O)Nc2n[nH]c3c2CN(S(=O)c2cc(F)cc(F)c2)CC3)c(NC2CCOCC2)c1. The van der Waals surface area contributed by atoms with Crippen LogP contribution in [0.5, 0.6) is 5.75 Å². The number of nitrogens with zero attached hydrogens (tertiary/aromatic N) is 3. The molecule has 1 amide bonds. The second kappa shape index (κ2) is 13.1. The van der Waals surface area contributed by atoms with E-state index in [0.717, 1.165) is 43.3 Å². The average Bonchev–Trinajstić information content (AvgIpc) is 3.34. The van der Waals surface area contributed by atoms with Gasteiger partial charge in [0.1, 0.15) is 35.0 Å². The van der Waals surface area contributed by atoms with Gasteiger partial charge in [0.05, 0.1) is 16.1 Å². The topological polar surface area (TPSA) is 112 Å². The van der Waals surface area contributed by atoms with E-state index in [1.807, 2.05) is 25.1 Å². The Labute approximate surface area is 240 Å². The second-order valence-electron chi connectivity index (χ2n) is 10.3. The van der Waals surface area contributed by atoms with Gasteiger partial charge in [-0.2, -0.15) is 5.10 Å². The molecule has 0 aliphatic carbocycles. The Kier molecular flexibility index (Phi) is 9.28. The first-order valence-corrected chi connectivity index (χ1v) is 14.6. The lowest BCUT2D eigenvalue weighted by molar-refractivity contribution is 0.0904. The van der Waals surface area contributed by atoms with Crippen LogP contribution in [-0.2, 0) is 28.7 Å². The van der Waals surface area contributed by atoms with E-state index >= 15 is 0 Å². The van der Waals surface area contributed by atoms with E-state index in [1.54, 1.807) is 16.4 Å². The Hall–Kier alpha value is -3.39. The number of carbonyl (C=O) groups excluding carboxylic acids is 1. The smallest absolute Gasteiger partial charge is 0.258 e. The second-order valence-corrected chi connectivity index (χ2v) is 11.8. The third-order valence-corrected chi connectivity index (χ3v) is 8.45. The molecule has 0 radical (unpaired) electrons. The van der Waals surface area contributed by atoms with Gasteiger partial charge >= 0.3 is 0 Å². The third kappa shape index (κ3) is 7.28. The maximum atomic E-state index is 13.7. The Bertz CT molecular complexity index is 1390. The van der Waals surface area contributed by atoms with Gasteiger partial charge in [0.2, 0.25) is 0 Å². The Morgan fingerprint density at radius 2 is 1.95 bits per heavy atom. The number of anilines is 2. The van der Waals surface area contributed by atoms with Crippen LogP contribution < -0.4 is 15.4 Å². The van der Waals surface area contributed by atoms with Gasteiger partial charge in [-0.25, -0.2) is 17.3 Å². The number of ether oxygens (including phenoxy) is 2. The minimum Gasteiger partial charge on any atom is -0.492 e. The molecule has 1 fully saturated rings. The highest BCUT2D eigenvalue weighted by Gasteiger charge is 2.28. The van der Waals surface area contributed by atoms with E-state index in [4.69, 9.17) is 9.47 Å². The zero-order valence-electron chi connectivity index (χ0n) is 23.0. The summed E-state index contributed by atoms with van der Waals surface area (Å²) in [5, 5.41) is 13.7. The van der Waals surface area contributed by atoms with Gasteiger partial charge < -0.3 is 25.0 Å². The van der Waals surface area contributed by atoms with Crippen molar-refractivity contribution in [3.63, 3.8) is 0 Å². The van der Waals surface area contributed by atoms with Crippen LogP contribution >= 0.6 is 0 Å². The number of aromatic nitrogens is 2. The molecule has 2 aliphatic rings. The van der Waals surface area contributed by atoms with E-state index < -0.39 is 22.6 Å². The highest BCUT2D eigenvalue weighted by atomic mass is 32.2. The highest BCUT2D eigenvalue weighted by molar-refractivity contribution is 7.82. The molecular weight excluding hydrogens is 554 g/mol. The zero-order valence-corrected chi connectivity index (χ0v) is 23.9. The zero-order chi connectivity index (χ0) is 28.9. The summed E-state index contributed by atoms with van der Waals surface area (Å²) in [5.41, 5.74) is 2.57. The van der Waals surface area contributed by atoms with Crippen LogP contribution in [0.25, 0.3) is 0 Å². The summed E-state index contributed by atoms with van der Waals surface area (Å²) in [6.45, 7) is 3.13. The number of halogens is 2. The molecular formula is C28H34F2N6O4S. The van der Waals surface area contributed by atoms with Gasteiger partial charge in [0.15, 0.2) is 5.82 Å². The van der Waals surface area contributed by atoms with Gasteiger partial charge in [-0.1, -0.05) is 0 Å². The van der Waals surface area contributed by atoms with Crippen molar-refractivity contribution in [2.75, 3.05) is 57.6 Å². The fourth-order valence-corrected chi connectivity index (χ4v) is 6.04. The van der Waals surface area contributed by atoms with Crippen molar-refractivity contribution >= 4 is 28.4 Å². The molecule has 1 unspecified atom stereocenters. The quantitative estimate of drug-likeness (QED) is 0.332. The van der Waals surface area contributed by atoms with Crippen LogP contribution in [0.4, 0.5) is 20.3 Å². The molecule has 3 heterocycles. The number of aromatic amines is 1. The number of rotatable bonds is 10. The molecule has 1 atom stereocenters. The molecule has 5 rings (SSSR count). The largest absolute Gasteiger partial charge is 0.492 e. The van der Waals surface area contributed by atoms with Crippen molar-refractivity contribution in [3.05, 3.63) is 64.9 Å². The van der Waals surface area contributed by atoms with Crippen LogP contribution in [0.2, 0.25) is 0 Å². The normalized spacial score (nSPS) is 16.8. The van der Waals surface area contributed by atoms with E-state index in [9.17, 15) is 17.8 Å². The van der Waals surface area contributed by atoms with Gasteiger partial charge in [0, 0.05) is 68.7 Å². The van der Waals surface area contributed by atoms with Crippen LogP contribution in [0.3, 0.4) is 0 Å². The van der Waals surface area contributed by atoms with Crippen molar-refractivity contribution in [2.24, 2.45) is 0 Å². The molecule has 0 spiro atoms. The minimum absolute atomic E-state index is 0.0387. The molecule has 2 aromatic carbocycles. The molecule has 13 heteroatoms. The average molecular weight is 589 g/mol. The Balaban J connectivity index is 1.33. The fourth-order valence-electron chi connectivity index (χ4n) is 4.81. The highest BCUT2D eigenvalue weighted by Crippen LogP contribution is 2.30. The Morgan fingerprint density at radius 3 is 2.68 bits per heavy atom. The number of benzene rings is 2. The predicted octanol–water partition coefficient (Wildman–Crippen LogP) is 3.55. The fraction of sp³-hybridized carbons (Fsp3) is 0.429. The number of H-pyrrole nitrogens is 1. The van der Waals surface area contributed by atoms with E-state index in [0.29, 0.717) is 61.2 Å². The minimum atomic E-state index is -1.79. The third-order valence-electron chi connectivity index (χ3n) is 7.03. The lowest BCUT2D eigenvalue weighted by Gasteiger charge is -2.26. The van der Waals surface area contributed by atoms with Gasteiger partial charge in [-0.05, 0) is 51.2 Å². The summed E-state index contributed by atoms with van der Waals surface area (Å²) in [7, 11) is 2.15. The number of fused-ring (bicyclic) bond motifs is 1. The molecule has 3 aromatic rings. The van der Waals surface area contributed by atoms with Crippen LogP contribution in [0.15, 0.2) is 41.3 Å². The molecule has 2 aliphatic heterocycles. The number of amides is 1. The lowest BCUT2D eigenvalue weighted by atomic mass is 10.1. The Morgan fingerprint density at radius 1 is 1.20 bits per heavy atom. The molecule has 3 N–H and O–H groups in total. The summed E-state index contributed by atoms with van der Waals surface area (Å²) in [4.78, 5) is 15.6.